The molecule has 5 atom stereocenters. The number of carbonyl (C=O) groups is 4. The Kier molecular flexibility index (Phi) is 9.97. The van der Waals surface area contributed by atoms with Crippen LogP contribution in [0.25, 0.3) is 10.9 Å². The fraction of sp³-hybridized carbons (Fsp3) is 0.605. The first kappa shape index (κ1) is 38.3. The van der Waals surface area contributed by atoms with E-state index in [1.54, 1.807) is 48.7 Å². The third-order valence-corrected chi connectivity index (χ3v) is 12.0. The quantitative estimate of drug-likeness (QED) is 0.267. The number of nitrogens with zero attached hydrogens (tertiary/aromatic N) is 2. The Bertz CT molecular complexity index is 1930. The first-order valence-electron chi connectivity index (χ1n) is 18.2. The van der Waals surface area contributed by atoms with Gasteiger partial charge in [-0.15, -0.1) is 6.58 Å². The molecule has 288 valence electrons. The van der Waals surface area contributed by atoms with E-state index in [2.05, 4.69) is 21.9 Å². The van der Waals surface area contributed by atoms with Gasteiger partial charge in [-0.3, -0.25) is 24.1 Å². The zero-order valence-electron chi connectivity index (χ0n) is 31.5. The molecule has 3 saturated carbocycles. The van der Waals surface area contributed by atoms with Crippen LogP contribution in [0.5, 0.6) is 11.5 Å². The molecular weight excluding hydrogens is 703 g/mol. The van der Waals surface area contributed by atoms with Crippen LogP contribution in [0.4, 0.5) is 4.79 Å². The van der Waals surface area contributed by atoms with E-state index in [9.17, 15) is 27.6 Å². The Balaban J connectivity index is 1.31. The number of hydrogen-bond acceptors (Lipinski definition) is 10. The number of methoxy groups -OCH3 is 1. The average Bonchev–Trinajstić information content (AvgIpc) is 3.94. The fourth-order valence-electron chi connectivity index (χ4n) is 6.82. The number of likely N-dealkylation sites (tertiary alicyclic amines) is 1. The van der Waals surface area contributed by atoms with Crippen LogP contribution in [0.15, 0.2) is 36.9 Å². The fourth-order valence-corrected chi connectivity index (χ4v) is 8.19. The summed E-state index contributed by atoms with van der Waals surface area (Å²) in [5.74, 6) is -1.05. The molecule has 14 nitrogen and oxygen atoms in total. The number of ether oxygens (including phenoxy) is 3. The number of benzene rings is 1. The van der Waals surface area contributed by atoms with Gasteiger partial charge in [0.1, 0.15) is 40.8 Å². The van der Waals surface area contributed by atoms with Gasteiger partial charge in [-0.1, -0.05) is 26.8 Å². The van der Waals surface area contributed by atoms with Gasteiger partial charge in [0.25, 0.3) is 5.91 Å². The molecule has 0 spiro atoms. The molecule has 4 amide bonds. The number of sulfonamides is 1. The van der Waals surface area contributed by atoms with E-state index in [1.807, 2.05) is 24.3 Å². The predicted octanol–water partition coefficient (Wildman–Crippen LogP) is 4.08. The molecule has 3 aliphatic carbocycles. The van der Waals surface area contributed by atoms with E-state index >= 15 is 0 Å². The van der Waals surface area contributed by atoms with Gasteiger partial charge in [0.15, 0.2) is 0 Å². The van der Waals surface area contributed by atoms with Crippen LogP contribution in [0.2, 0.25) is 0 Å². The standard InChI is InChI=1S/C38H51N5O9S/c1-9-22-19-38(22,34(46)42-53(48,49)25-13-14-25)41-32(44)29-17-24(20-43(29)33(45)31(36(2,3)4)40-35(47)52-37(5,6)7)51-30-18-27(21-10-11-21)39-28-16-23(50-8)12-15-26(28)30/h9,12,15-16,18,21-22,24-25,29,31H,1,10-11,13-14,17,19-20H2,2-8H3,(H,40,47)(H,41,44)(H,42,46)/t22-,24-,29+,31-,38-/m1/s1. The van der Waals surface area contributed by atoms with Gasteiger partial charge in [-0.2, -0.15) is 0 Å². The van der Waals surface area contributed by atoms with Gasteiger partial charge < -0.3 is 29.7 Å². The van der Waals surface area contributed by atoms with E-state index < -0.39 is 79.7 Å². The molecule has 4 aliphatic rings. The van der Waals surface area contributed by atoms with Crippen LogP contribution in [0, 0.1) is 11.3 Å². The third-order valence-electron chi connectivity index (χ3n) is 10.2. The second-order valence-electron chi connectivity index (χ2n) is 16.8. The van der Waals surface area contributed by atoms with Crippen molar-refractivity contribution in [3.8, 4) is 11.5 Å². The molecule has 3 N–H and O–H groups in total. The molecule has 1 aliphatic heterocycles. The zero-order valence-corrected chi connectivity index (χ0v) is 32.3. The summed E-state index contributed by atoms with van der Waals surface area (Å²) in [4.78, 5) is 61.7. The lowest BCUT2D eigenvalue weighted by atomic mass is 9.85. The maximum Gasteiger partial charge on any atom is 0.408 e. The Morgan fingerprint density at radius 3 is 2.32 bits per heavy atom. The van der Waals surface area contributed by atoms with Crippen LogP contribution in [-0.4, -0.2) is 90.3 Å². The highest BCUT2D eigenvalue weighted by Crippen LogP contribution is 2.46. The topological polar surface area (TPSA) is 182 Å². The number of hydrogen-bond donors (Lipinski definition) is 3. The van der Waals surface area contributed by atoms with Gasteiger partial charge >= 0.3 is 6.09 Å². The van der Waals surface area contributed by atoms with Crippen molar-refractivity contribution in [2.24, 2.45) is 11.3 Å². The second-order valence-corrected chi connectivity index (χ2v) is 18.8. The molecule has 0 unspecified atom stereocenters. The maximum atomic E-state index is 14.6. The Hall–Kier alpha value is -4.40. The first-order valence-corrected chi connectivity index (χ1v) is 19.8. The zero-order chi connectivity index (χ0) is 38.7. The highest BCUT2D eigenvalue weighted by atomic mass is 32.2. The summed E-state index contributed by atoms with van der Waals surface area (Å²) in [7, 11) is -2.32. The van der Waals surface area contributed by atoms with Crippen molar-refractivity contribution in [2.75, 3.05) is 13.7 Å². The molecule has 2 heterocycles. The summed E-state index contributed by atoms with van der Waals surface area (Å²) in [5, 5.41) is 5.63. The summed E-state index contributed by atoms with van der Waals surface area (Å²) in [6.45, 7) is 14.3. The number of aromatic nitrogens is 1. The van der Waals surface area contributed by atoms with Gasteiger partial charge in [0.2, 0.25) is 21.8 Å². The molecule has 0 bridgehead atoms. The minimum absolute atomic E-state index is 0.0155. The number of rotatable bonds is 12. The number of alkyl carbamates (subject to hydrolysis) is 1. The molecular formula is C38H51N5O9S. The first-order chi connectivity index (χ1) is 24.7. The number of nitrogens with one attached hydrogen (secondary N) is 3. The van der Waals surface area contributed by atoms with Gasteiger partial charge in [0.05, 0.1) is 24.4 Å². The summed E-state index contributed by atoms with van der Waals surface area (Å²) in [5.41, 5.74) is -1.61. The van der Waals surface area contributed by atoms with Crippen molar-refractivity contribution in [3.05, 3.63) is 42.6 Å². The van der Waals surface area contributed by atoms with E-state index in [0.717, 1.165) is 23.9 Å². The van der Waals surface area contributed by atoms with E-state index in [-0.39, 0.29) is 19.4 Å². The lowest BCUT2D eigenvalue weighted by Gasteiger charge is -2.36. The second kappa shape index (κ2) is 13.8. The number of fused-ring (bicyclic) bond motifs is 1. The number of amides is 4. The maximum absolute atomic E-state index is 14.6. The summed E-state index contributed by atoms with van der Waals surface area (Å²) in [6, 6.07) is 5.17. The van der Waals surface area contributed by atoms with Crippen molar-refractivity contribution in [1.29, 1.82) is 0 Å². The summed E-state index contributed by atoms with van der Waals surface area (Å²) in [6.07, 6.45) is 3.19. The minimum Gasteiger partial charge on any atom is -0.497 e. The molecule has 0 radical (unpaired) electrons. The molecule has 1 aromatic heterocycles. The van der Waals surface area contributed by atoms with Gasteiger partial charge in [-0.25, -0.2) is 13.2 Å². The lowest BCUT2D eigenvalue weighted by molar-refractivity contribution is -0.143. The van der Waals surface area contributed by atoms with E-state index in [4.69, 9.17) is 19.2 Å². The molecule has 4 fully saturated rings. The molecule has 1 aromatic carbocycles. The monoisotopic (exact) mass is 753 g/mol. The van der Waals surface area contributed by atoms with Gasteiger partial charge in [0, 0.05) is 41.5 Å². The van der Waals surface area contributed by atoms with Crippen LogP contribution < -0.4 is 24.8 Å². The van der Waals surface area contributed by atoms with Crippen molar-refractivity contribution in [2.45, 2.75) is 121 Å². The van der Waals surface area contributed by atoms with Crippen LogP contribution in [0.1, 0.15) is 91.7 Å². The average molecular weight is 754 g/mol. The van der Waals surface area contributed by atoms with Crippen molar-refractivity contribution >= 4 is 44.7 Å². The normalized spacial score (nSPS) is 24.9. The van der Waals surface area contributed by atoms with Gasteiger partial charge in [-0.05, 0) is 70.4 Å². The van der Waals surface area contributed by atoms with Crippen LogP contribution in [-0.2, 0) is 29.1 Å². The van der Waals surface area contributed by atoms with Crippen molar-refractivity contribution < 1.29 is 41.8 Å². The molecule has 15 heteroatoms. The summed E-state index contributed by atoms with van der Waals surface area (Å²) < 4.78 is 45.2. The van der Waals surface area contributed by atoms with Crippen LogP contribution in [0.3, 0.4) is 0 Å². The molecule has 53 heavy (non-hydrogen) atoms. The molecule has 6 rings (SSSR count). The minimum atomic E-state index is -3.90. The highest BCUT2D eigenvalue weighted by Gasteiger charge is 2.62. The predicted molar refractivity (Wildman–Crippen MR) is 197 cm³/mol. The lowest BCUT2D eigenvalue weighted by Crippen LogP contribution is -2.60. The third kappa shape index (κ3) is 8.39. The molecule has 1 saturated heterocycles. The Labute approximate surface area is 310 Å². The van der Waals surface area contributed by atoms with Crippen molar-refractivity contribution in [3.63, 3.8) is 0 Å². The SMILES string of the molecule is C=C[C@@H]1C[C@]1(NC(=O)[C@@H]1C[C@@H](Oc2cc(C3CC3)nc3cc(OC)ccc23)CN1C(=O)[C@@H](NC(=O)OC(C)(C)C)C(C)(C)C)C(=O)NS(=O)(=O)C1CC1. The summed E-state index contributed by atoms with van der Waals surface area (Å²) >= 11 is 0. The van der Waals surface area contributed by atoms with E-state index in [1.165, 1.54) is 11.0 Å². The van der Waals surface area contributed by atoms with E-state index in [0.29, 0.717) is 35.8 Å². The Morgan fingerprint density at radius 2 is 1.75 bits per heavy atom. The molecule has 2 aromatic rings. The van der Waals surface area contributed by atoms with Crippen molar-refractivity contribution in [1.82, 2.24) is 25.2 Å². The largest absolute Gasteiger partial charge is 0.497 e. The smallest absolute Gasteiger partial charge is 0.408 e. The number of pyridine rings is 1. The van der Waals surface area contributed by atoms with Crippen LogP contribution >= 0.6 is 0 Å². The Morgan fingerprint density at radius 1 is 1.06 bits per heavy atom. The highest BCUT2D eigenvalue weighted by molar-refractivity contribution is 7.91. The number of carbonyl (C=O) groups excluding carboxylic acids is 4.